The molecule has 1 amide bonds. The third-order valence-corrected chi connectivity index (χ3v) is 9.06. The number of thiophene rings is 1. The number of hydrogen-bond donors (Lipinski definition) is 2. The van der Waals surface area contributed by atoms with E-state index < -0.39 is 21.8 Å². The molecule has 2 N–H and O–H groups in total. The molecule has 36 heavy (non-hydrogen) atoms. The van der Waals surface area contributed by atoms with Crippen LogP contribution in [-0.4, -0.2) is 72.3 Å². The zero-order valence-electron chi connectivity index (χ0n) is 19.5. The molecule has 1 fully saturated rings. The van der Waals surface area contributed by atoms with E-state index in [1.807, 2.05) is 6.92 Å². The van der Waals surface area contributed by atoms with Gasteiger partial charge in [0.05, 0.1) is 16.1 Å². The Morgan fingerprint density at radius 3 is 2.53 bits per heavy atom. The van der Waals surface area contributed by atoms with E-state index in [1.54, 1.807) is 12.1 Å². The van der Waals surface area contributed by atoms with E-state index in [4.69, 9.17) is 0 Å². The normalized spacial score (nSPS) is 16.7. The average Bonchev–Trinajstić information content (AvgIpc) is 3.27. The Morgan fingerprint density at radius 2 is 1.86 bits per heavy atom. The van der Waals surface area contributed by atoms with Crippen molar-refractivity contribution in [2.45, 2.75) is 30.3 Å². The van der Waals surface area contributed by atoms with E-state index in [1.165, 1.54) is 23.4 Å². The summed E-state index contributed by atoms with van der Waals surface area (Å²) in [5.74, 6) is 0.0420. The number of rotatable bonds is 7. The highest BCUT2D eigenvalue weighted by Gasteiger charge is 2.34. The molecule has 1 unspecified atom stereocenters. The lowest BCUT2D eigenvalue weighted by Crippen LogP contribution is -2.50. The number of benzene rings is 1. The Bertz CT molecular complexity index is 1350. The van der Waals surface area contributed by atoms with Crippen molar-refractivity contribution in [2.75, 3.05) is 43.4 Å². The van der Waals surface area contributed by atoms with Crippen molar-refractivity contribution in [1.82, 2.24) is 19.2 Å². The number of carbonyl (C=O) groups excluding carboxylic acids is 1. The van der Waals surface area contributed by atoms with Crippen molar-refractivity contribution in [2.24, 2.45) is 0 Å². The molecule has 9 nitrogen and oxygen atoms in total. The number of carbonyl (C=O) groups is 1. The number of para-hydroxylation sites is 1. The van der Waals surface area contributed by atoms with Crippen molar-refractivity contribution >= 4 is 49.0 Å². The highest BCUT2D eigenvalue weighted by Crippen LogP contribution is 2.35. The number of fused-ring (bicyclic) bond motifs is 1. The Hall–Kier alpha value is -2.81. The fourth-order valence-corrected chi connectivity index (χ4v) is 6.91. The summed E-state index contributed by atoms with van der Waals surface area (Å²) < 4.78 is 67.6. The summed E-state index contributed by atoms with van der Waals surface area (Å²) in [6, 6.07) is 6.75. The van der Waals surface area contributed by atoms with Crippen LogP contribution >= 0.6 is 11.3 Å². The van der Waals surface area contributed by atoms with E-state index in [0.29, 0.717) is 43.5 Å². The SMILES string of the molecule is CC(=O)Nc1ccc(S(=O)(=O)N2CCN(CC(C)Nc3ncnc4c(C(F)(F)F)cccc34)CC2)s1. The van der Waals surface area contributed by atoms with Crippen LogP contribution in [0.2, 0.25) is 0 Å². The lowest BCUT2D eigenvalue weighted by molar-refractivity contribution is -0.136. The van der Waals surface area contributed by atoms with Crippen LogP contribution in [0.1, 0.15) is 19.4 Å². The van der Waals surface area contributed by atoms with Crippen LogP contribution < -0.4 is 10.6 Å². The molecule has 3 heterocycles. The molecule has 0 bridgehead atoms. The van der Waals surface area contributed by atoms with Crippen molar-refractivity contribution in [1.29, 1.82) is 0 Å². The predicted octanol–water partition coefficient (Wildman–Crippen LogP) is 3.48. The summed E-state index contributed by atoms with van der Waals surface area (Å²) >= 11 is 1.01. The average molecular weight is 543 g/mol. The molecule has 14 heteroatoms. The topological polar surface area (TPSA) is 108 Å². The van der Waals surface area contributed by atoms with E-state index >= 15 is 0 Å². The lowest BCUT2D eigenvalue weighted by atomic mass is 10.1. The van der Waals surface area contributed by atoms with Gasteiger partial charge in [0, 0.05) is 51.1 Å². The fourth-order valence-electron chi connectivity index (χ4n) is 4.08. The highest BCUT2D eigenvalue weighted by atomic mass is 32.2. The molecule has 0 aliphatic carbocycles. The van der Waals surface area contributed by atoms with Gasteiger partial charge in [-0.05, 0) is 31.2 Å². The van der Waals surface area contributed by atoms with Gasteiger partial charge < -0.3 is 10.6 Å². The molecule has 1 saturated heterocycles. The van der Waals surface area contributed by atoms with E-state index in [9.17, 15) is 26.4 Å². The molecule has 0 saturated carbocycles. The molecule has 1 atom stereocenters. The fraction of sp³-hybridized carbons (Fsp3) is 0.409. The quantitative estimate of drug-likeness (QED) is 0.471. The summed E-state index contributed by atoms with van der Waals surface area (Å²) in [5.41, 5.74) is -0.978. The third-order valence-electron chi connectivity index (χ3n) is 5.69. The van der Waals surface area contributed by atoms with Gasteiger partial charge in [-0.3, -0.25) is 9.69 Å². The number of anilines is 2. The Morgan fingerprint density at radius 1 is 1.14 bits per heavy atom. The van der Waals surface area contributed by atoms with Gasteiger partial charge in [-0.2, -0.15) is 17.5 Å². The summed E-state index contributed by atoms with van der Waals surface area (Å²) in [5, 5.41) is 6.51. The van der Waals surface area contributed by atoms with Crippen molar-refractivity contribution in [3.8, 4) is 0 Å². The number of alkyl halides is 3. The number of piperazine rings is 1. The maximum absolute atomic E-state index is 13.3. The number of halogens is 3. The van der Waals surface area contributed by atoms with E-state index in [0.717, 1.165) is 23.7 Å². The first kappa shape index (κ1) is 26.3. The first-order chi connectivity index (χ1) is 16.9. The third kappa shape index (κ3) is 5.77. The van der Waals surface area contributed by atoms with Crippen molar-refractivity contribution in [3.05, 3.63) is 42.2 Å². The molecule has 0 spiro atoms. The van der Waals surface area contributed by atoms with Gasteiger partial charge in [0.15, 0.2) is 0 Å². The molecular weight excluding hydrogens is 517 g/mol. The van der Waals surface area contributed by atoms with Crippen molar-refractivity contribution < 1.29 is 26.4 Å². The minimum Gasteiger partial charge on any atom is -0.366 e. The molecule has 0 radical (unpaired) electrons. The number of hydrogen-bond acceptors (Lipinski definition) is 8. The second kappa shape index (κ2) is 10.3. The van der Waals surface area contributed by atoms with Gasteiger partial charge in [-0.1, -0.05) is 6.07 Å². The van der Waals surface area contributed by atoms with E-state index in [-0.39, 0.29) is 27.1 Å². The molecule has 1 aliphatic rings. The zero-order chi connectivity index (χ0) is 26.1. The maximum Gasteiger partial charge on any atom is 0.418 e. The lowest BCUT2D eigenvalue weighted by Gasteiger charge is -2.35. The predicted molar refractivity (Wildman–Crippen MR) is 131 cm³/mol. The van der Waals surface area contributed by atoms with Gasteiger partial charge >= 0.3 is 6.18 Å². The molecule has 1 aliphatic heterocycles. The Labute approximate surface area is 210 Å². The number of nitrogens with one attached hydrogen (secondary N) is 2. The number of sulfonamides is 1. The molecule has 3 aromatic rings. The second-order valence-corrected chi connectivity index (χ2v) is 11.7. The molecular formula is C22H25F3N6O3S2. The van der Waals surface area contributed by atoms with Crippen molar-refractivity contribution in [3.63, 3.8) is 0 Å². The van der Waals surface area contributed by atoms with Crippen LogP contribution in [0.15, 0.2) is 40.9 Å². The summed E-state index contributed by atoms with van der Waals surface area (Å²) in [7, 11) is -3.67. The zero-order valence-corrected chi connectivity index (χ0v) is 21.2. The Kier molecular flexibility index (Phi) is 7.50. The largest absolute Gasteiger partial charge is 0.418 e. The monoisotopic (exact) mass is 542 g/mol. The summed E-state index contributed by atoms with van der Waals surface area (Å²) in [6.45, 7) is 5.39. The highest BCUT2D eigenvalue weighted by molar-refractivity contribution is 7.91. The molecule has 194 valence electrons. The van der Waals surface area contributed by atoms with E-state index in [2.05, 4.69) is 25.5 Å². The maximum atomic E-state index is 13.3. The summed E-state index contributed by atoms with van der Waals surface area (Å²) in [6.07, 6.45) is -3.41. The minimum atomic E-state index is -4.52. The molecule has 1 aromatic carbocycles. The van der Waals surface area contributed by atoms with Gasteiger partial charge in [0.1, 0.15) is 16.4 Å². The summed E-state index contributed by atoms with van der Waals surface area (Å²) in [4.78, 5) is 21.3. The second-order valence-electron chi connectivity index (χ2n) is 8.47. The molecule has 4 rings (SSSR count). The van der Waals surface area contributed by atoms with Crippen LogP contribution in [0.25, 0.3) is 10.9 Å². The standard InChI is InChI=1S/C22H25F3N6O3S2/c1-14(28-21-16-4-3-5-17(22(23,24)25)20(16)26-13-27-21)12-30-8-10-31(11-9-30)36(33,34)19-7-6-18(35-19)29-15(2)32/h3-7,13-14H,8-12H2,1-2H3,(H,29,32)(H,26,27,28). The van der Waals surface area contributed by atoms with Gasteiger partial charge in [0.25, 0.3) is 10.0 Å². The van der Waals surface area contributed by atoms with Crippen LogP contribution in [0.4, 0.5) is 24.0 Å². The first-order valence-corrected chi connectivity index (χ1v) is 13.4. The van der Waals surface area contributed by atoms with Gasteiger partial charge in [-0.25, -0.2) is 18.4 Å². The van der Waals surface area contributed by atoms with Crippen LogP contribution in [0.3, 0.4) is 0 Å². The van der Waals surface area contributed by atoms with Crippen LogP contribution in [0.5, 0.6) is 0 Å². The number of nitrogens with zero attached hydrogens (tertiary/aromatic N) is 4. The first-order valence-electron chi connectivity index (χ1n) is 11.1. The minimum absolute atomic E-state index is 0.163. The number of amides is 1. The van der Waals surface area contributed by atoms with Crippen LogP contribution in [0, 0.1) is 0 Å². The smallest absolute Gasteiger partial charge is 0.366 e. The van der Waals surface area contributed by atoms with Gasteiger partial charge in [-0.15, -0.1) is 11.3 Å². The number of aromatic nitrogens is 2. The Balaban J connectivity index is 1.37. The van der Waals surface area contributed by atoms with Crippen LogP contribution in [-0.2, 0) is 21.0 Å². The molecule has 2 aromatic heterocycles. The van der Waals surface area contributed by atoms with Gasteiger partial charge in [0.2, 0.25) is 5.91 Å².